The molecule has 0 fully saturated rings. The molecule has 0 radical (unpaired) electrons. The van der Waals surface area contributed by atoms with Crippen LogP contribution in [0.4, 0.5) is 5.69 Å². The normalized spacial score (nSPS) is 13.2. The van der Waals surface area contributed by atoms with E-state index in [1.807, 2.05) is 6.92 Å². The van der Waals surface area contributed by atoms with Crippen LogP contribution in [0, 0.1) is 6.92 Å². The molecule has 0 bridgehead atoms. The van der Waals surface area contributed by atoms with Gasteiger partial charge in [-0.3, -0.25) is 4.79 Å². The first-order chi connectivity index (χ1) is 12.1. The molecule has 1 aliphatic rings. The minimum absolute atomic E-state index is 0.129. The number of carbonyl (C=O) groups is 1. The highest BCUT2D eigenvalue weighted by Gasteiger charge is 2.22. The Morgan fingerprint density at radius 1 is 1.40 bits per heavy atom. The van der Waals surface area contributed by atoms with Gasteiger partial charge in [-0.2, -0.15) is 0 Å². The molecular weight excluding hydrogens is 376 g/mol. The lowest BCUT2D eigenvalue weighted by Gasteiger charge is -2.07. The van der Waals surface area contributed by atoms with Crippen LogP contribution in [0.15, 0.2) is 23.4 Å². The standard InChI is InChI=1S/C17H15ClN4OS2/c1-9-20-16(14-10-4-2-6-12(10)25-17(14)21-9)24-8-13(23)22-11-5-3-7-19-15(11)18/h3,5,7H,2,4,6,8H2,1H3,(H,22,23). The van der Waals surface area contributed by atoms with Crippen molar-refractivity contribution < 1.29 is 4.79 Å². The van der Waals surface area contributed by atoms with Crippen LogP contribution in [-0.4, -0.2) is 26.6 Å². The zero-order valence-electron chi connectivity index (χ0n) is 13.5. The van der Waals surface area contributed by atoms with Crippen LogP contribution in [0.25, 0.3) is 10.2 Å². The molecule has 0 aromatic carbocycles. The number of anilines is 1. The SMILES string of the molecule is Cc1nc(SCC(=O)Nc2cccnc2Cl)c2c3c(sc2n1)CCC3. The van der Waals surface area contributed by atoms with Crippen molar-refractivity contribution in [1.82, 2.24) is 15.0 Å². The van der Waals surface area contributed by atoms with Crippen molar-refractivity contribution in [3.8, 4) is 0 Å². The number of hydrogen-bond donors (Lipinski definition) is 1. The van der Waals surface area contributed by atoms with Gasteiger partial charge in [0, 0.05) is 16.5 Å². The van der Waals surface area contributed by atoms with Crippen LogP contribution < -0.4 is 5.32 Å². The van der Waals surface area contributed by atoms with Crippen LogP contribution in [0.5, 0.6) is 0 Å². The quantitative estimate of drug-likeness (QED) is 0.409. The minimum Gasteiger partial charge on any atom is -0.323 e. The Balaban J connectivity index is 1.55. The third-order valence-corrected chi connectivity index (χ3v) is 6.48. The highest BCUT2D eigenvalue weighted by Crippen LogP contribution is 2.40. The third-order valence-electron chi connectivity index (χ3n) is 4.02. The first-order valence-corrected chi connectivity index (χ1v) is 10.1. The van der Waals surface area contributed by atoms with E-state index in [-0.39, 0.29) is 16.8 Å². The predicted molar refractivity (Wildman–Crippen MR) is 103 cm³/mol. The number of rotatable bonds is 4. The molecule has 0 saturated carbocycles. The molecule has 3 heterocycles. The highest BCUT2D eigenvalue weighted by atomic mass is 35.5. The molecule has 1 N–H and O–H groups in total. The maximum absolute atomic E-state index is 12.3. The summed E-state index contributed by atoms with van der Waals surface area (Å²) in [6.45, 7) is 1.89. The number of aromatic nitrogens is 3. The number of pyridine rings is 1. The molecule has 1 aliphatic carbocycles. The summed E-state index contributed by atoms with van der Waals surface area (Å²) >= 11 is 9.19. The van der Waals surface area contributed by atoms with E-state index in [2.05, 4.69) is 20.3 Å². The fourth-order valence-electron chi connectivity index (χ4n) is 2.97. The molecule has 4 rings (SSSR count). The van der Waals surface area contributed by atoms with Crippen molar-refractivity contribution >= 4 is 56.5 Å². The number of thiophene rings is 1. The van der Waals surface area contributed by atoms with Gasteiger partial charge in [-0.05, 0) is 43.9 Å². The number of hydrogen-bond acceptors (Lipinski definition) is 6. The monoisotopic (exact) mass is 390 g/mol. The molecule has 0 aliphatic heterocycles. The molecule has 0 unspecified atom stereocenters. The smallest absolute Gasteiger partial charge is 0.234 e. The Labute approximate surface area is 158 Å². The molecule has 1 amide bonds. The van der Waals surface area contributed by atoms with Crippen molar-refractivity contribution in [2.75, 3.05) is 11.1 Å². The average Bonchev–Trinajstić information content (AvgIpc) is 3.15. The number of nitrogens with one attached hydrogen (secondary N) is 1. The van der Waals surface area contributed by atoms with Gasteiger partial charge >= 0.3 is 0 Å². The lowest BCUT2D eigenvalue weighted by molar-refractivity contribution is -0.113. The number of aryl methyl sites for hydroxylation is 3. The number of carbonyl (C=O) groups excluding carboxylic acids is 1. The predicted octanol–water partition coefficient (Wildman–Crippen LogP) is 4.27. The van der Waals surface area contributed by atoms with Gasteiger partial charge in [0.15, 0.2) is 5.15 Å². The third kappa shape index (κ3) is 3.36. The molecule has 0 saturated heterocycles. The summed E-state index contributed by atoms with van der Waals surface area (Å²) in [6.07, 6.45) is 4.98. The Morgan fingerprint density at radius 3 is 3.12 bits per heavy atom. The van der Waals surface area contributed by atoms with Gasteiger partial charge in [-0.15, -0.1) is 11.3 Å². The fourth-order valence-corrected chi connectivity index (χ4v) is 5.41. The number of halogens is 1. The van der Waals surface area contributed by atoms with Gasteiger partial charge in [-0.1, -0.05) is 23.4 Å². The van der Waals surface area contributed by atoms with E-state index in [0.717, 1.165) is 33.9 Å². The van der Waals surface area contributed by atoms with Crippen molar-refractivity contribution in [3.63, 3.8) is 0 Å². The maximum atomic E-state index is 12.3. The molecule has 0 spiro atoms. The van der Waals surface area contributed by atoms with Crippen LogP contribution in [-0.2, 0) is 17.6 Å². The van der Waals surface area contributed by atoms with Gasteiger partial charge in [0.05, 0.1) is 11.4 Å². The van der Waals surface area contributed by atoms with Crippen molar-refractivity contribution in [2.24, 2.45) is 0 Å². The number of nitrogens with zero attached hydrogens (tertiary/aromatic N) is 3. The Hall–Kier alpha value is -1.70. The van der Waals surface area contributed by atoms with Gasteiger partial charge in [0.2, 0.25) is 5.91 Å². The van der Waals surface area contributed by atoms with E-state index in [4.69, 9.17) is 11.6 Å². The fraction of sp³-hybridized carbons (Fsp3) is 0.294. The molecule has 3 aromatic heterocycles. The van der Waals surface area contributed by atoms with Crippen molar-refractivity contribution in [2.45, 2.75) is 31.2 Å². The van der Waals surface area contributed by atoms with E-state index in [0.29, 0.717) is 5.69 Å². The van der Waals surface area contributed by atoms with Crippen molar-refractivity contribution in [1.29, 1.82) is 0 Å². The molecule has 0 atom stereocenters. The zero-order valence-corrected chi connectivity index (χ0v) is 15.9. The first kappa shape index (κ1) is 16.8. The minimum atomic E-state index is -0.129. The van der Waals surface area contributed by atoms with Crippen LogP contribution in [0.3, 0.4) is 0 Å². The summed E-state index contributed by atoms with van der Waals surface area (Å²) in [5.41, 5.74) is 1.90. The average molecular weight is 391 g/mol. The summed E-state index contributed by atoms with van der Waals surface area (Å²) in [5.74, 6) is 0.878. The summed E-state index contributed by atoms with van der Waals surface area (Å²) < 4.78 is 0. The zero-order chi connectivity index (χ0) is 17.4. The summed E-state index contributed by atoms with van der Waals surface area (Å²) in [6, 6.07) is 3.47. The van der Waals surface area contributed by atoms with E-state index >= 15 is 0 Å². The lowest BCUT2D eigenvalue weighted by Crippen LogP contribution is -2.14. The van der Waals surface area contributed by atoms with E-state index < -0.39 is 0 Å². The molecule has 8 heteroatoms. The highest BCUT2D eigenvalue weighted by molar-refractivity contribution is 8.00. The number of thioether (sulfide) groups is 1. The molecule has 5 nitrogen and oxygen atoms in total. The second-order valence-electron chi connectivity index (χ2n) is 5.79. The Kier molecular flexibility index (Phi) is 4.62. The van der Waals surface area contributed by atoms with E-state index in [1.54, 1.807) is 29.7 Å². The summed E-state index contributed by atoms with van der Waals surface area (Å²) in [7, 11) is 0. The summed E-state index contributed by atoms with van der Waals surface area (Å²) in [4.78, 5) is 27.9. The summed E-state index contributed by atoms with van der Waals surface area (Å²) in [5, 5.41) is 5.12. The van der Waals surface area contributed by atoms with Crippen LogP contribution >= 0.6 is 34.7 Å². The van der Waals surface area contributed by atoms with Gasteiger partial charge < -0.3 is 5.32 Å². The first-order valence-electron chi connectivity index (χ1n) is 7.94. The number of amides is 1. The van der Waals surface area contributed by atoms with Crippen LogP contribution in [0.1, 0.15) is 22.7 Å². The van der Waals surface area contributed by atoms with E-state index in [1.165, 1.54) is 28.6 Å². The Morgan fingerprint density at radius 2 is 2.28 bits per heavy atom. The molecular formula is C17H15ClN4OS2. The lowest BCUT2D eigenvalue weighted by atomic mass is 10.2. The van der Waals surface area contributed by atoms with Crippen molar-refractivity contribution in [3.05, 3.63) is 39.7 Å². The second-order valence-corrected chi connectivity index (χ2v) is 8.20. The van der Waals surface area contributed by atoms with Gasteiger partial charge in [0.25, 0.3) is 0 Å². The van der Waals surface area contributed by atoms with Gasteiger partial charge in [-0.25, -0.2) is 15.0 Å². The molecule has 25 heavy (non-hydrogen) atoms. The Bertz CT molecular complexity index is 973. The number of fused-ring (bicyclic) bond motifs is 3. The molecule has 3 aromatic rings. The maximum Gasteiger partial charge on any atom is 0.234 e. The van der Waals surface area contributed by atoms with E-state index in [9.17, 15) is 4.79 Å². The van der Waals surface area contributed by atoms with Crippen LogP contribution in [0.2, 0.25) is 5.15 Å². The largest absolute Gasteiger partial charge is 0.323 e. The van der Waals surface area contributed by atoms with Gasteiger partial charge in [0.1, 0.15) is 15.7 Å². The topological polar surface area (TPSA) is 67.8 Å². The second kappa shape index (κ2) is 6.90. The molecule has 128 valence electrons.